The normalized spacial score (nSPS) is 13.0. The molecule has 0 saturated heterocycles. The number of hydrogen-bond donors (Lipinski definition) is 2. The van der Waals surface area contributed by atoms with Crippen molar-refractivity contribution in [2.24, 2.45) is 5.92 Å². The van der Waals surface area contributed by atoms with E-state index in [4.69, 9.17) is 14.7 Å². The molecule has 0 aliphatic rings. The summed E-state index contributed by atoms with van der Waals surface area (Å²) in [7, 11) is 1.21. The van der Waals surface area contributed by atoms with Gasteiger partial charge in [-0.25, -0.2) is 9.59 Å². The highest BCUT2D eigenvalue weighted by molar-refractivity contribution is 5.90. The van der Waals surface area contributed by atoms with E-state index in [0.29, 0.717) is 0 Å². The van der Waals surface area contributed by atoms with Crippen LogP contribution < -0.4 is 10.6 Å². The molecule has 0 radical (unpaired) electrons. The molecule has 0 unspecified atom stereocenters. The van der Waals surface area contributed by atoms with Crippen LogP contribution in [-0.4, -0.2) is 37.2 Å². The van der Waals surface area contributed by atoms with Gasteiger partial charge >= 0.3 is 12.1 Å². The van der Waals surface area contributed by atoms with Crippen LogP contribution in [0.15, 0.2) is 60.7 Å². The fraction of sp³-hybridized carbons (Fsp3) is 0.333. The summed E-state index contributed by atoms with van der Waals surface area (Å²) in [5, 5.41) is 14.2. The molecular formula is C24H27N3O5. The molecule has 0 spiro atoms. The van der Waals surface area contributed by atoms with Crippen LogP contribution in [0.1, 0.15) is 24.5 Å². The summed E-state index contributed by atoms with van der Waals surface area (Å²) in [4.78, 5) is 37.6. The number of benzene rings is 2. The Balaban J connectivity index is 2.11. The van der Waals surface area contributed by atoms with Gasteiger partial charge in [0.05, 0.1) is 13.2 Å². The first-order chi connectivity index (χ1) is 15.4. The van der Waals surface area contributed by atoms with Crippen molar-refractivity contribution in [1.82, 2.24) is 10.6 Å². The Bertz CT molecular complexity index is 928. The van der Waals surface area contributed by atoms with Crippen LogP contribution in [0.2, 0.25) is 0 Å². The number of ether oxygens (including phenoxy) is 2. The number of nitrogens with zero attached hydrogens (tertiary/aromatic N) is 1. The minimum atomic E-state index is -1.02. The third-order valence-corrected chi connectivity index (χ3v) is 4.84. The lowest BCUT2D eigenvalue weighted by Crippen LogP contribution is -2.54. The number of methoxy groups -OCH3 is 1. The molecule has 8 heteroatoms. The summed E-state index contributed by atoms with van der Waals surface area (Å²) in [6, 6.07) is 18.3. The average Bonchev–Trinajstić information content (AvgIpc) is 2.81. The van der Waals surface area contributed by atoms with Crippen molar-refractivity contribution in [1.29, 1.82) is 5.26 Å². The number of amides is 2. The summed E-state index contributed by atoms with van der Waals surface area (Å²) in [6.07, 6.45) is -0.520. The molecule has 168 valence electrons. The predicted molar refractivity (Wildman–Crippen MR) is 117 cm³/mol. The smallest absolute Gasteiger partial charge is 0.408 e. The standard InChI is InChI=1S/C24H27N3O5/c1-17(13-14-25)21(23(29)31-2)27-22(28)20(15-18-9-5-3-6-10-18)26-24(30)32-16-19-11-7-4-8-12-19/h3-12,17,20-21H,13,15-16H2,1-2H3,(H,26,30)(H,27,28)/t17-,20-,21+/m1/s1. The van der Waals surface area contributed by atoms with Gasteiger partial charge in [-0.05, 0) is 11.1 Å². The number of nitrogens with one attached hydrogen (secondary N) is 2. The average molecular weight is 437 g/mol. The van der Waals surface area contributed by atoms with Crippen molar-refractivity contribution in [2.45, 2.75) is 38.5 Å². The molecule has 2 rings (SSSR count). The summed E-state index contributed by atoms with van der Waals surface area (Å²) < 4.78 is 10.0. The molecule has 0 saturated carbocycles. The Morgan fingerprint density at radius 3 is 2.12 bits per heavy atom. The fourth-order valence-corrected chi connectivity index (χ4v) is 3.04. The Hall–Kier alpha value is -3.86. The van der Waals surface area contributed by atoms with E-state index in [1.807, 2.05) is 66.7 Å². The van der Waals surface area contributed by atoms with E-state index >= 15 is 0 Å². The molecule has 32 heavy (non-hydrogen) atoms. The van der Waals surface area contributed by atoms with Gasteiger partial charge in [-0.3, -0.25) is 4.79 Å². The van der Waals surface area contributed by atoms with E-state index in [2.05, 4.69) is 10.6 Å². The number of carbonyl (C=O) groups excluding carboxylic acids is 3. The van der Waals surface area contributed by atoms with Gasteiger partial charge in [-0.1, -0.05) is 67.6 Å². The lowest BCUT2D eigenvalue weighted by atomic mass is 9.98. The second-order valence-corrected chi connectivity index (χ2v) is 7.30. The molecule has 8 nitrogen and oxygen atoms in total. The summed E-state index contributed by atoms with van der Waals surface area (Å²) in [6.45, 7) is 1.72. The van der Waals surface area contributed by atoms with E-state index in [0.717, 1.165) is 11.1 Å². The van der Waals surface area contributed by atoms with Crippen LogP contribution in [0.3, 0.4) is 0 Å². The molecular weight excluding hydrogens is 410 g/mol. The number of alkyl carbamates (subject to hydrolysis) is 1. The minimum absolute atomic E-state index is 0.0515. The first-order valence-electron chi connectivity index (χ1n) is 10.2. The number of esters is 1. The largest absolute Gasteiger partial charge is 0.467 e. The van der Waals surface area contributed by atoms with Gasteiger partial charge in [0.1, 0.15) is 18.7 Å². The molecule has 0 fully saturated rings. The van der Waals surface area contributed by atoms with Gasteiger partial charge in [-0.2, -0.15) is 5.26 Å². The van der Waals surface area contributed by atoms with Gasteiger partial charge in [0.2, 0.25) is 5.91 Å². The van der Waals surface area contributed by atoms with Gasteiger partial charge in [-0.15, -0.1) is 0 Å². The van der Waals surface area contributed by atoms with E-state index in [-0.39, 0.29) is 19.4 Å². The number of hydrogen-bond acceptors (Lipinski definition) is 6. The van der Waals surface area contributed by atoms with Gasteiger partial charge in [0.15, 0.2) is 0 Å². The number of nitriles is 1. The summed E-state index contributed by atoms with van der Waals surface area (Å²) >= 11 is 0. The first kappa shape index (κ1) is 24.4. The lowest BCUT2D eigenvalue weighted by molar-refractivity contribution is -0.146. The highest BCUT2D eigenvalue weighted by Crippen LogP contribution is 2.11. The first-order valence-corrected chi connectivity index (χ1v) is 10.2. The second-order valence-electron chi connectivity index (χ2n) is 7.30. The second kappa shape index (κ2) is 12.7. The van der Waals surface area contributed by atoms with Crippen molar-refractivity contribution in [3.8, 4) is 6.07 Å². The maximum Gasteiger partial charge on any atom is 0.408 e. The van der Waals surface area contributed by atoms with Crippen LogP contribution in [0.5, 0.6) is 0 Å². The third-order valence-electron chi connectivity index (χ3n) is 4.84. The van der Waals surface area contributed by atoms with Crippen LogP contribution in [0.25, 0.3) is 0 Å². The molecule has 0 aliphatic carbocycles. The van der Waals surface area contributed by atoms with E-state index in [1.165, 1.54) is 7.11 Å². The zero-order valence-electron chi connectivity index (χ0n) is 18.1. The molecule has 3 atom stereocenters. The van der Waals surface area contributed by atoms with Crippen molar-refractivity contribution in [3.63, 3.8) is 0 Å². The zero-order valence-corrected chi connectivity index (χ0v) is 18.1. The van der Waals surface area contributed by atoms with Crippen LogP contribution in [0, 0.1) is 17.2 Å². The zero-order chi connectivity index (χ0) is 23.3. The molecule has 0 aromatic heterocycles. The molecule has 0 aliphatic heterocycles. The Kier molecular flexibility index (Phi) is 9.72. The van der Waals surface area contributed by atoms with Gasteiger partial charge < -0.3 is 20.1 Å². The third kappa shape index (κ3) is 7.76. The van der Waals surface area contributed by atoms with Gasteiger partial charge in [0.25, 0.3) is 0 Å². The molecule has 2 aromatic rings. The summed E-state index contributed by atoms with van der Waals surface area (Å²) in [5.41, 5.74) is 1.62. The maximum atomic E-state index is 13.0. The SMILES string of the molecule is COC(=O)[C@@H](NC(=O)[C@@H](Cc1ccccc1)NC(=O)OCc1ccccc1)[C@H](C)CC#N. The van der Waals surface area contributed by atoms with Crippen molar-refractivity contribution < 1.29 is 23.9 Å². The number of carbonyl (C=O) groups is 3. The van der Waals surface area contributed by atoms with E-state index in [9.17, 15) is 14.4 Å². The van der Waals surface area contributed by atoms with Crippen LogP contribution in [0.4, 0.5) is 4.79 Å². The molecule has 2 N–H and O–H groups in total. The van der Waals surface area contributed by atoms with E-state index in [1.54, 1.807) is 6.92 Å². The van der Waals surface area contributed by atoms with Crippen molar-refractivity contribution in [2.75, 3.05) is 7.11 Å². The van der Waals surface area contributed by atoms with Gasteiger partial charge in [0, 0.05) is 18.8 Å². The highest BCUT2D eigenvalue weighted by Gasteiger charge is 2.31. The Morgan fingerprint density at radius 2 is 1.56 bits per heavy atom. The minimum Gasteiger partial charge on any atom is -0.467 e. The van der Waals surface area contributed by atoms with Crippen LogP contribution in [-0.2, 0) is 32.1 Å². The molecule has 0 bridgehead atoms. The molecule has 2 amide bonds. The maximum absolute atomic E-state index is 13.0. The monoisotopic (exact) mass is 437 g/mol. The quantitative estimate of drug-likeness (QED) is 0.552. The molecule has 2 aromatic carbocycles. The Morgan fingerprint density at radius 1 is 0.969 bits per heavy atom. The lowest BCUT2D eigenvalue weighted by Gasteiger charge is -2.25. The predicted octanol–water partition coefficient (Wildman–Crippen LogP) is 2.73. The van der Waals surface area contributed by atoms with Crippen molar-refractivity contribution in [3.05, 3.63) is 71.8 Å². The number of rotatable bonds is 10. The topological polar surface area (TPSA) is 118 Å². The van der Waals surface area contributed by atoms with E-state index < -0.39 is 36.0 Å². The fourth-order valence-electron chi connectivity index (χ4n) is 3.04. The van der Waals surface area contributed by atoms with Crippen molar-refractivity contribution >= 4 is 18.0 Å². The Labute approximate surface area is 187 Å². The summed E-state index contributed by atoms with van der Waals surface area (Å²) in [5.74, 6) is -1.71. The molecule has 0 heterocycles. The van der Waals surface area contributed by atoms with Crippen LogP contribution >= 0.6 is 0 Å². The highest BCUT2D eigenvalue weighted by atomic mass is 16.5.